The number of nitrogens with zero attached hydrogens (tertiary/aromatic N) is 4. The maximum atomic E-state index is 5.60. The highest BCUT2D eigenvalue weighted by Gasteiger charge is 2.18. The fraction of sp³-hybridized carbons (Fsp3) is 0.478. The first-order chi connectivity index (χ1) is 15.1. The first-order valence-corrected chi connectivity index (χ1v) is 10.9. The van der Waals surface area contributed by atoms with Crippen molar-refractivity contribution in [3.63, 3.8) is 0 Å². The molecule has 1 fully saturated rings. The molecule has 0 spiro atoms. The van der Waals surface area contributed by atoms with Gasteiger partial charge >= 0.3 is 0 Å². The van der Waals surface area contributed by atoms with Crippen LogP contribution in [0.5, 0.6) is 11.5 Å². The van der Waals surface area contributed by atoms with Gasteiger partial charge in [0.2, 0.25) is 0 Å². The number of piperazine rings is 1. The summed E-state index contributed by atoms with van der Waals surface area (Å²) in [5, 5.41) is 6.67. The Labute approximate surface area is 185 Å². The minimum Gasteiger partial charge on any atom is -0.493 e. The van der Waals surface area contributed by atoms with Crippen molar-refractivity contribution in [2.75, 3.05) is 63.7 Å². The van der Waals surface area contributed by atoms with Gasteiger partial charge in [0.05, 0.1) is 20.3 Å². The molecule has 168 valence electrons. The molecule has 31 heavy (non-hydrogen) atoms. The van der Waals surface area contributed by atoms with E-state index in [9.17, 15) is 0 Å². The van der Waals surface area contributed by atoms with E-state index in [-0.39, 0.29) is 0 Å². The summed E-state index contributed by atoms with van der Waals surface area (Å²) in [6.07, 6.45) is 1.86. The Morgan fingerprint density at radius 2 is 1.94 bits per heavy atom. The van der Waals surface area contributed by atoms with Crippen LogP contribution in [0, 0.1) is 0 Å². The molecule has 0 atom stereocenters. The van der Waals surface area contributed by atoms with Gasteiger partial charge in [0.15, 0.2) is 17.5 Å². The number of rotatable bonds is 8. The Kier molecular flexibility index (Phi) is 8.35. The van der Waals surface area contributed by atoms with Crippen molar-refractivity contribution in [1.82, 2.24) is 15.2 Å². The predicted molar refractivity (Wildman–Crippen MR) is 127 cm³/mol. The van der Waals surface area contributed by atoms with E-state index in [0.29, 0.717) is 24.9 Å². The second-order valence-corrected chi connectivity index (χ2v) is 7.40. The number of hydrogen-bond acceptors (Lipinski definition) is 6. The zero-order chi connectivity index (χ0) is 22.1. The number of anilines is 2. The van der Waals surface area contributed by atoms with Gasteiger partial charge in [-0.3, -0.25) is 0 Å². The lowest BCUT2D eigenvalue weighted by Crippen LogP contribution is -2.45. The molecule has 3 rings (SSSR count). The average Bonchev–Trinajstić information content (AvgIpc) is 2.79. The molecular weight excluding hydrogens is 392 g/mol. The molecule has 2 N–H and O–H groups in total. The molecule has 0 radical (unpaired) electrons. The Morgan fingerprint density at radius 3 is 2.65 bits per heavy atom. The number of likely N-dealkylation sites (N-methyl/N-ethyl adjacent to an activating group) is 1. The molecule has 0 saturated carbocycles. The summed E-state index contributed by atoms with van der Waals surface area (Å²) in [7, 11) is 3.80. The molecular formula is C23H34N6O2. The second kappa shape index (κ2) is 11.4. The number of methoxy groups -OCH3 is 1. The largest absolute Gasteiger partial charge is 0.493 e. The first-order valence-electron chi connectivity index (χ1n) is 10.9. The Bertz CT molecular complexity index is 865. The van der Waals surface area contributed by atoms with Crippen LogP contribution >= 0.6 is 0 Å². The number of aliphatic imine (C=N–C) groups is 1. The topological polar surface area (TPSA) is 74.3 Å². The van der Waals surface area contributed by atoms with Gasteiger partial charge in [-0.05, 0) is 39.1 Å². The van der Waals surface area contributed by atoms with E-state index in [1.54, 1.807) is 7.11 Å². The number of ether oxygens (including phenoxy) is 2. The van der Waals surface area contributed by atoms with Crippen molar-refractivity contribution in [3.05, 3.63) is 42.1 Å². The molecule has 0 unspecified atom stereocenters. The molecule has 1 aromatic carbocycles. The lowest BCUT2D eigenvalue weighted by Gasteiger charge is -2.34. The van der Waals surface area contributed by atoms with Crippen molar-refractivity contribution >= 4 is 17.5 Å². The molecule has 2 aromatic rings. The van der Waals surface area contributed by atoms with Crippen LogP contribution < -0.4 is 25.0 Å². The Hall–Kier alpha value is -3.00. The molecule has 1 saturated heterocycles. The normalized spacial score (nSPS) is 15.0. The third-order valence-electron chi connectivity index (χ3n) is 5.15. The van der Waals surface area contributed by atoms with E-state index in [0.717, 1.165) is 55.5 Å². The third kappa shape index (κ3) is 6.24. The van der Waals surface area contributed by atoms with Gasteiger partial charge in [-0.25, -0.2) is 9.98 Å². The van der Waals surface area contributed by atoms with Crippen LogP contribution in [0.25, 0.3) is 0 Å². The fourth-order valence-corrected chi connectivity index (χ4v) is 3.48. The quantitative estimate of drug-likeness (QED) is 0.497. The molecule has 8 nitrogen and oxygen atoms in total. The number of hydrogen-bond donors (Lipinski definition) is 2. The SMILES string of the molecule is CCNC(=NCc1cccnc1N1CCN(C)CC1)Nc1ccc(OCC)c(OC)c1. The second-order valence-electron chi connectivity index (χ2n) is 7.40. The maximum Gasteiger partial charge on any atom is 0.196 e. The van der Waals surface area contributed by atoms with Gasteiger partial charge < -0.3 is 29.9 Å². The number of aromatic nitrogens is 1. The Balaban J connectivity index is 1.75. The molecule has 0 bridgehead atoms. The summed E-state index contributed by atoms with van der Waals surface area (Å²) in [5.41, 5.74) is 2.00. The number of benzene rings is 1. The van der Waals surface area contributed by atoms with Crippen LogP contribution in [0.2, 0.25) is 0 Å². The van der Waals surface area contributed by atoms with Gasteiger partial charge in [0.1, 0.15) is 5.82 Å². The van der Waals surface area contributed by atoms with Gasteiger partial charge in [-0.2, -0.15) is 0 Å². The highest BCUT2D eigenvalue weighted by molar-refractivity contribution is 5.94. The monoisotopic (exact) mass is 426 g/mol. The number of pyridine rings is 1. The smallest absolute Gasteiger partial charge is 0.196 e. The van der Waals surface area contributed by atoms with Gasteiger partial charge in [0.25, 0.3) is 0 Å². The van der Waals surface area contributed by atoms with Crippen molar-refractivity contribution < 1.29 is 9.47 Å². The van der Waals surface area contributed by atoms with E-state index in [4.69, 9.17) is 14.5 Å². The van der Waals surface area contributed by atoms with E-state index in [1.807, 2.05) is 37.4 Å². The summed E-state index contributed by atoms with van der Waals surface area (Å²) in [4.78, 5) is 14.2. The zero-order valence-electron chi connectivity index (χ0n) is 19.0. The number of nitrogens with one attached hydrogen (secondary N) is 2. The van der Waals surface area contributed by atoms with E-state index in [1.165, 1.54) is 0 Å². The highest BCUT2D eigenvalue weighted by atomic mass is 16.5. The maximum absolute atomic E-state index is 5.60. The Morgan fingerprint density at radius 1 is 1.13 bits per heavy atom. The van der Waals surface area contributed by atoms with Crippen molar-refractivity contribution in [2.45, 2.75) is 20.4 Å². The molecule has 0 aliphatic carbocycles. The molecule has 1 aromatic heterocycles. The predicted octanol–water partition coefficient (Wildman–Crippen LogP) is 2.82. The van der Waals surface area contributed by atoms with Gasteiger partial charge in [-0.15, -0.1) is 0 Å². The molecule has 0 amide bonds. The van der Waals surface area contributed by atoms with E-state index >= 15 is 0 Å². The summed E-state index contributed by atoms with van der Waals surface area (Å²) < 4.78 is 11.1. The van der Waals surface area contributed by atoms with E-state index in [2.05, 4.69) is 45.5 Å². The van der Waals surface area contributed by atoms with Crippen LogP contribution in [-0.4, -0.2) is 69.3 Å². The van der Waals surface area contributed by atoms with Crippen molar-refractivity contribution in [3.8, 4) is 11.5 Å². The van der Waals surface area contributed by atoms with Crippen LogP contribution in [0.15, 0.2) is 41.5 Å². The lowest BCUT2D eigenvalue weighted by atomic mass is 10.2. The lowest BCUT2D eigenvalue weighted by molar-refractivity contribution is 0.311. The highest BCUT2D eigenvalue weighted by Crippen LogP contribution is 2.30. The third-order valence-corrected chi connectivity index (χ3v) is 5.15. The van der Waals surface area contributed by atoms with Crippen LogP contribution in [-0.2, 0) is 6.54 Å². The molecule has 1 aliphatic rings. The van der Waals surface area contributed by atoms with Gasteiger partial charge in [0, 0.05) is 56.2 Å². The summed E-state index contributed by atoms with van der Waals surface area (Å²) in [5.74, 6) is 3.15. The van der Waals surface area contributed by atoms with Crippen LogP contribution in [0.4, 0.5) is 11.5 Å². The fourth-order valence-electron chi connectivity index (χ4n) is 3.48. The van der Waals surface area contributed by atoms with Gasteiger partial charge in [-0.1, -0.05) is 6.07 Å². The summed E-state index contributed by atoms with van der Waals surface area (Å²) in [6, 6.07) is 9.86. The molecule has 2 heterocycles. The van der Waals surface area contributed by atoms with Crippen molar-refractivity contribution in [1.29, 1.82) is 0 Å². The number of guanidine groups is 1. The minimum absolute atomic E-state index is 0.541. The zero-order valence-corrected chi connectivity index (χ0v) is 19.0. The summed E-state index contributed by atoms with van der Waals surface area (Å²) in [6.45, 7) is 9.95. The van der Waals surface area contributed by atoms with Crippen LogP contribution in [0.3, 0.4) is 0 Å². The molecule has 8 heteroatoms. The average molecular weight is 427 g/mol. The van der Waals surface area contributed by atoms with E-state index < -0.39 is 0 Å². The summed E-state index contributed by atoms with van der Waals surface area (Å²) >= 11 is 0. The van der Waals surface area contributed by atoms with Crippen LogP contribution in [0.1, 0.15) is 19.4 Å². The van der Waals surface area contributed by atoms with Crippen molar-refractivity contribution in [2.24, 2.45) is 4.99 Å². The minimum atomic E-state index is 0.541. The standard InChI is InChI=1S/C23H34N6O2/c1-5-24-23(27-19-9-10-20(31-6-2)21(16-19)30-4)26-17-18-8-7-11-25-22(18)29-14-12-28(3)13-15-29/h7-11,16H,5-6,12-15,17H2,1-4H3,(H2,24,26,27). The molecule has 1 aliphatic heterocycles. The first kappa shape index (κ1) is 22.7.